The summed E-state index contributed by atoms with van der Waals surface area (Å²) in [6, 6.07) is 9.81. The molecule has 28 heavy (non-hydrogen) atoms. The van der Waals surface area contributed by atoms with Gasteiger partial charge in [-0.3, -0.25) is 24.8 Å². The van der Waals surface area contributed by atoms with Gasteiger partial charge in [-0.15, -0.1) is 0 Å². The lowest BCUT2D eigenvalue weighted by Crippen LogP contribution is -2.40. The van der Waals surface area contributed by atoms with Gasteiger partial charge < -0.3 is 15.3 Å². The number of pyridine rings is 1. The Hall–Kier alpha value is -3.88. The molecule has 0 aliphatic heterocycles. The van der Waals surface area contributed by atoms with Crippen LogP contribution in [0.1, 0.15) is 10.4 Å². The van der Waals surface area contributed by atoms with Crippen LogP contribution < -0.4 is 26.6 Å². The van der Waals surface area contributed by atoms with Crippen LogP contribution in [-0.4, -0.2) is 42.0 Å². The van der Waals surface area contributed by atoms with E-state index in [0.29, 0.717) is 5.82 Å². The van der Waals surface area contributed by atoms with Crippen LogP contribution in [0.25, 0.3) is 0 Å². The molecule has 1 heterocycles. The van der Waals surface area contributed by atoms with Crippen LogP contribution in [0, 0.1) is 0 Å². The summed E-state index contributed by atoms with van der Waals surface area (Å²) in [6.45, 7) is 0. The number of anilines is 4. The molecule has 0 aliphatic rings. The maximum Gasteiger partial charge on any atom is 0.257 e. The van der Waals surface area contributed by atoms with Gasteiger partial charge in [0, 0.05) is 27.3 Å². The van der Waals surface area contributed by atoms with Crippen molar-refractivity contribution in [2.75, 3.05) is 36.9 Å². The van der Waals surface area contributed by atoms with E-state index in [-0.39, 0.29) is 34.3 Å². The SMILES string of the molecule is CN(C)C(=O)c1cccc(Nc2c(NN(C)c3ccccn3)c(=O)c2=O)c1O. The zero-order valence-corrected chi connectivity index (χ0v) is 15.6. The van der Waals surface area contributed by atoms with Crippen LogP contribution in [0.3, 0.4) is 0 Å². The third-order valence-corrected chi connectivity index (χ3v) is 4.12. The summed E-state index contributed by atoms with van der Waals surface area (Å²) >= 11 is 0. The highest BCUT2D eigenvalue weighted by Crippen LogP contribution is 2.32. The average Bonchev–Trinajstić information content (AvgIpc) is 2.71. The number of phenols is 1. The Labute approximate surface area is 160 Å². The maximum atomic E-state index is 12.1. The molecule has 0 aliphatic carbocycles. The fourth-order valence-electron chi connectivity index (χ4n) is 2.59. The molecule has 2 aromatic carbocycles. The van der Waals surface area contributed by atoms with Gasteiger partial charge in [0.15, 0.2) is 5.75 Å². The van der Waals surface area contributed by atoms with Crippen molar-refractivity contribution < 1.29 is 9.90 Å². The molecular weight excluding hydrogens is 362 g/mol. The Bertz CT molecular complexity index is 1090. The Kier molecular flexibility index (Phi) is 4.99. The summed E-state index contributed by atoms with van der Waals surface area (Å²) in [6.07, 6.45) is 1.60. The Morgan fingerprint density at radius 3 is 2.36 bits per heavy atom. The lowest BCUT2D eigenvalue weighted by Gasteiger charge is -2.23. The molecule has 3 aromatic rings. The molecule has 0 fully saturated rings. The second-order valence-electron chi connectivity index (χ2n) is 6.29. The van der Waals surface area contributed by atoms with Gasteiger partial charge in [0.25, 0.3) is 16.8 Å². The number of carbonyl (C=O) groups excluding carboxylic acids is 1. The van der Waals surface area contributed by atoms with Crippen molar-refractivity contribution in [2.24, 2.45) is 0 Å². The molecule has 144 valence electrons. The standard InChI is InChI=1S/C19H19N5O4/c1-23(2)19(28)11-7-6-8-12(16(11)25)21-14-15(18(27)17(14)26)22-24(3)13-9-4-5-10-20-13/h4-10,21-22,25H,1-3H3. The number of amides is 1. The molecule has 0 spiro atoms. The van der Waals surface area contributed by atoms with E-state index in [4.69, 9.17) is 0 Å². The molecule has 9 heteroatoms. The van der Waals surface area contributed by atoms with Crippen molar-refractivity contribution in [1.29, 1.82) is 0 Å². The van der Waals surface area contributed by atoms with Gasteiger partial charge in [0.05, 0.1) is 11.3 Å². The summed E-state index contributed by atoms with van der Waals surface area (Å²) in [7, 11) is 4.78. The first kappa shape index (κ1) is 18.9. The lowest BCUT2D eigenvalue weighted by atomic mass is 10.1. The number of nitrogens with one attached hydrogen (secondary N) is 2. The van der Waals surface area contributed by atoms with Crippen LogP contribution in [0.2, 0.25) is 0 Å². The minimum absolute atomic E-state index is 0.00228. The fourth-order valence-corrected chi connectivity index (χ4v) is 2.59. The van der Waals surface area contributed by atoms with Gasteiger partial charge in [-0.25, -0.2) is 4.98 Å². The molecule has 1 aromatic heterocycles. The smallest absolute Gasteiger partial charge is 0.257 e. The largest absolute Gasteiger partial charge is 0.505 e. The van der Waals surface area contributed by atoms with Gasteiger partial charge in [0.2, 0.25) is 0 Å². The predicted octanol–water partition coefficient (Wildman–Crippen LogP) is 1.29. The molecule has 0 bridgehead atoms. The van der Waals surface area contributed by atoms with E-state index >= 15 is 0 Å². The number of nitrogens with zero attached hydrogens (tertiary/aromatic N) is 3. The second kappa shape index (κ2) is 7.39. The minimum atomic E-state index is -0.722. The van der Waals surface area contributed by atoms with Crippen LogP contribution in [0.15, 0.2) is 52.2 Å². The number of carbonyl (C=O) groups is 1. The molecule has 9 nitrogen and oxygen atoms in total. The van der Waals surface area contributed by atoms with Crippen molar-refractivity contribution >= 4 is 28.8 Å². The number of aromatic hydroxyl groups is 1. The normalized spacial score (nSPS) is 10.5. The highest BCUT2D eigenvalue weighted by Gasteiger charge is 2.24. The number of hydrogen-bond acceptors (Lipinski definition) is 8. The first-order valence-corrected chi connectivity index (χ1v) is 8.36. The number of hydrazine groups is 1. The highest BCUT2D eigenvalue weighted by atomic mass is 16.3. The van der Waals surface area contributed by atoms with E-state index in [1.54, 1.807) is 51.6 Å². The van der Waals surface area contributed by atoms with Crippen LogP contribution >= 0.6 is 0 Å². The number of aromatic nitrogens is 1. The van der Waals surface area contributed by atoms with E-state index in [1.165, 1.54) is 22.0 Å². The van der Waals surface area contributed by atoms with Crippen LogP contribution in [0.4, 0.5) is 22.9 Å². The van der Waals surface area contributed by atoms with E-state index in [9.17, 15) is 19.5 Å². The zero-order chi connectivity index (χ0) is 20.4. The molecule has 0 atom stereocenters. The maximum absolute atomic E-state index is 12.1. The molecule has 0 saturated carbocycles. The minimum Gasteiger partial charge on any atom is -0.505 e. The van der Waals surface area contributed by atoms with E-state index < -0.39 is 10.9 Å². The number of rotatable bonds is 6. The third-order valence-electron chi connectivity index (χ3n) is 4.12. The van der Waals surface area contributed by atoms with E-state index in [0.717, 1.165) is 0 Å². The highest BCUT2D eigenvalue weighted by molar-refractivity contribution is 5.99. The van der Waals surface area contributed by atoms with Gasteiger partial charge in [-0.2, -0.15) is 0 Å². The molecule has 3 rings (SSSR count). The van der Waals surface area contributed by atoms with Crippen molar-refractivity contribution in [2.45, 2.75) is 0 Å². The molecule has 0 radical (unpaired) electrons. The zero-order valence-electron chi connectivity index (χ0n) is 15.6. The van der Waals surface area contributed by atoms with Crippen molar-refractivity contribution in [1.82, 2.24) is 9.88 Å². The summed E-state index contributed by atoms with van der Waals surface area (Å²) in [5.41, 5.74) is 1.67. The van der Waals surface area contributed by atoms with E-state index in [2.05, 4.69) is 15.7 Å². The predicted molar refractivity (Wildman–Crippen MR) is 107 cm³/mol. The number of phenolic OH excluding ortho intramolecular Hbond substituents is 1. The lowest BCUT2D eigenvalue weighted by molar-refractivity contribution is 0.0824. The van der Waals surface area contributed by atoms with Crippen molar-refractivity contribution in [3.63, 3.8) is 0 Å². The number of hydrogen-bond donors (Lipinski definition) is 3. The molecule has 3 N–H and O–H groups in total. The monoisotopic (exact) mass is 381 g/mol. The van der Waals surface area contributed by atoms with Gasteiger partial charge in [-0.1, -0.05) is 12.1 Å². The number of para-hydroxylation sites is 1. The molecular formula is C19H19N5O4. The van der Waals surface area contributed by atoms with Gasteiger partial charge in [-0.05, 0) is 24.3 Å². The summed E-state index contributed by atoms with van der Waals surface area (Å²) < 4.78 is 0. The molecule has 1 amide bonds. The summed E-state index contributed by atoms with van der Waals surface area (Å²) in [4.78, 5) is 41.7. The van der Waals surface area contributed by atoms with Crippen LogP contribution in [-0.2, 0) is 0 Å². The Morgan fingerprint density at radius 2 is 1.71 bits per heavy atom. The number of benzene rings is 1. The molecule has 0 saturated heterocycles. The average molecular weight is 381 g/mol. The first-order chi connectivity index (χ1) is 13.3. The van der Waals surface area contributed by atoms with Crippen molar-refractivity contribution in [3.8, 4) is 5.75 Å². The summed E-state index contributed by atoms with van der Waals surface area (Å²) in [5.74, 6) is -0.152. The Balaban J connectivity index is 1.88. The fraction of sp³-hybridized carbons (Fsp3) is 0.158. The Morgan fingerprint density at radius 1 is 1.00 bits per heavy atom. The second-order valence-corrected chi connectivity index (χ2v) is 6.29. The van der Waals surface area contributed by atoms with E-state index in [1.807, 2.05) is 0 Å². The third kappa shape index (κ3) is 3.37. The van der Waals surface area contributed by atoms with Gasteiger partial charge in [0.1, 0.15) is 17.2 Å². The van der Waals surface area contributed by atoms with Gasteiger partial charge >= 0.3 is 0 Å². The topological polar surface area (TPSA) is 115 Å². The quantitative estimate of drug-likeness (QED) is 0.332. The molecule has 0 unspecified atom stereocenters. The first-order valence-electron chi connectivity index (χ1n) is 8.36. The van der Waals surface area contributed by atoms with Crippen LogP contribution in [0.5, 0.6) is 5.75 Å². The van der Waals surface area contributed by atoms with Crippen molar-refractivity contribution in [3.05, 3.63) is 68.6 Å². The summed E-state index contributed by atoms with van der Waals surface area (Å²) in [5, 5.41) is 14.6.